The molecule has 1 unspecified atom stereocenters. The first kappa shape index (κ1) is 11.5. The van der Waals surface area contributed by atoms with E-state index in [4.69, 9.17) is 5.26 Å². The quantitative estimate of drug-likeness (QED) is 0.746. The van der Waals surface area contributed by atoms with Crippen LogP contribution in [0.5, 0.6) is 0 Å². The fourth-order valence-electron chi connectivity index (χ4n) is 2.38. The first-order valence-corrected chi connectivity index (χ1v) is 5.51. The second-order valence-corrected chi connectivity index (χ2v) is 5.49. The molecule has 0 saturated heterocycles. The summed E-state index contributed by atoms with van der Waals surface area (Å²) in [5, 5.41) is 12.1. The van der Waals surface area contributed by atoms with E-state index in [0.29, 0.717) is 16.7 Å². The molecule has 0 aromatic rings. The van der Waals surface area contributed by atoms with Gasteiger partial charge in [0, 0.05) is 6.54 Å². The molecule has 0 amide bonds. The van der Waals surface area contributed by atoms with Crippen LogP contribution in [0.15, 0.2) is 0 Å². The highest BCUT2D eigenvalue weighted by molar-refractivity contribution is 5.13. The Hall–Kier alpha value is -0.550. The van der Waals surface area contributed by atoms with Gasteiger partial charge in [-0.15, -0.1) is 0 Å². The van der Waals surface area contributed by atoms with Crippen LogP contribution in [-0.2, 0) is 0 Å². The molecule has 2 nitrogen and oxygen atoms in total. The molecule has 1 N–H and O–H groups in total. The topological polar surface area (TPSA) is 35.8 Å². The summed E-state index contributed by atoms with van der Waals surface area (Å²) in [6.45, 7) is 12.3. The summed E-state index contributed by atoms with van der Waals surface area (Å²) in [6, 6.07) is 2.31. The van der Waals surface area contributed by atoms with E-state index < -0.39 is 0 Å². The molecule has 1 aliphatic carbocycles. The van der Waals surface area contributed by atoms with E-state index in [-0.39, 0.29) is 6.04 Å². The molecule has 1 rings (SSSR count). The third kappa shape index (κ3) is 1.66. The van der Waals surface area contributed by atoms with E-state index in [1.165, 1.54) is 0 Å². The Morgan fingerprint density at radius 2 is 1.79 bits per heavy atom. The van der Waals surface area contributed by atoms with E-state index in [1.54, 1.807) is 0 Å². The monoisotopic (exact) mass is 194 g/mol. The first-order valence-electron chi connectivity index (χ1n) is 5.51. The summed E-state index contributed by atoms with van der Waals surface area (Å²) >= 11 is 0. The van der Waals surface area contributed by atoms with Gasteiger partial charge in [0.05, 0.1) is 12.1 Å². The van der Waals surface area contributed by atoms with E-state index >= 15 is 0 Å². The zero-order valence-electron chi connectivity index (χ0n) is 10.0. The maximum absolute atomic E-state index is 8.81. The molecule has 0 radical (unpaired) electrons. The molecule has 1 fully saturated rings. The number of hydrogen-bond donors (Lipinski definition) is 1. The molecular formula is C12H22N2. The Balaban J connectivity index is 2.39. The highest BCUT2D eigenvalue weighted by Gasteiger charge is 2.63. The Morgan fingerprint density at radius 3 is 2.07 bits per heavy atom. The lowest BCUT2D eigenvalue weighted by molar-refractivity contribution is 0.457. The first-order chi connectivity index (χ1) is 6.37. The molecule has 0 aliphatic heterocycles. The van der Waals surface area contributed by atoms with Crippen molar-refractivity contribution in [3.63, 3.8) is 0 Å². The molecule has 80 valence electrons. The zero-order chi connectivity index (χ0) is 11.0. The second-order valence-electron chi connectivity index (χ2n) is 5.49. The number of nitrogens with zero attached hydrogens (tertiary/aromatic N) is 1. The van der Waals surface area contributed by atoms with Crippen LogP contribution in [0, 0.1) is 28.1 Å². The Kier molecular flexibility index (Phi) is 2.92. The normalized spacial score (nSPS) is 25.4. The smallest absolute Gasteiger partial charge is 0.0950 e. The summed E-state index contributed by atoms with van der Waals surface area (Å²) in [4.78, 5) is 0. The van der Waals surface area contributed by atoms with Gasteiger partial charge in [0.2, 0.25) is 0 Å². The Morgan fingerprint density at radius 1 is 1.29 bits per heavy atom. The average Bonchev–Trinajstić information content (AvgIpc) is 2.48. The molecule has 0 spiro atoms. The minimum atomic E-state index is 0.0298. The fraction of sp³-hybridized carbons (Fsp3) is 0.917. The summed E-state index contributed by atoms with van der Waals surface area (Å²) in [5.74, 6) is 0.706. The molecule has 0 heterocycles. The van der Waals surface area contributed by atoms with Crippen LogP contribution in [-0.4, -0.2) is 12.6 Å². The van der Waals surface area contributed by atoms with Crippen LogP contribution in [0.1, 0.15) is 41.0 Å². The van der Waals surface area contributed by atoms with Crippen LogP contribution in [0.3, 0.4) is 0 Å². The van der Waals surface area contributed by atoms with Crippen molar-refractivity contribution in [2.75, 3.05) is 6.54 Å². The van der Waals surface area contributed by atoms with Gasteiger partial charge in [-0.05, 0) is 23.2 Å². The molecule has 14 heavy (non-hydrogen) atoms. The Bertz CT molecular complexity index is 234. The van der Waals surface area contributed by atoms with Crippen LogP contribution >= 0.6 is 0 Å². The van der Waals surface area contributed by atoms with Crippen molar-refractivity contribution in [3.05, 3.63) is 0 Å². The fourth-order valence-corrected chi connectivity index (χ4v) is 2.38. The summed E-state index contributed by atoms with van der Waals surface area (Å²) in [5.41, 5.74) is 0.849. The largest absolute Gasteiger partial charge is 0.302 e. The number of nitriles is 1. The van der Waals surface area contributed by atoms with Gasteiger partial charge >= 0.3 is 0 Å². The van der Waals surface area contributed by atoms with Gasteiger partial charge in [-0.3, -0.25) is 0 Å². The second kappa shape index (κ2) is 3.55. The highest BCUT2D eigenvalue weighted by Crippen LogP contribution is 2.67. The van der Waals surface area contributed by atoms with E-state index in [1.807, 2.05) is 6.92 Å². The predicted octanol–water partition coefficient (Wildman–Crippen LogP) is 2.56. The lowest BCUT2D eigenvalue weighted by Gasteiger charge is -2.09. The van der Waals surface area contributed by atoms with Gasteiger partial charge in [-0.25, -0.2) is 0 Å². The summed E-state index contributed by atoms with van der Waals surface area (Å²) in [6.07, 6.45) is 0.893. The zero-order valence-corrected chi connectivity index (χ0v) is 10.0. The summed E-state index contributed by atoms with van der Waals surface area (Å²) < 4.78 is 0. The number of nitrogens with one attached hydrogen (secondary N) is 1. The molecule has 0 bridgehead atoms. The van der Waals surface area contributed by atoms with Gasteiger partial charge in [-0.1, -0.05) is 34.6 Å². The van der Waals surface area contributed by atoms with Gasteiger partial charge in [-0.2, -0.15) is 5.26 Å². The SMILES string of the molecule is CCC(C#N)NCC1C(C)(C)C1(C)C. The van der Waals surface area contributed by atoms with Gasteiger partial charge in [0.1, 0.15) is 0 Å². The minimum absolute atomic E-state index is 0.0298. The number of hydrogen-bond acceptors (Lipinski definition) is 2. The molecule has 2 heteroatoms. The van der Waals surface area contributed by atoms with Crippen molar-refractivity contribution >= 4 is 0 Å². The number of rotatable bonds is 4. The molecule has 1 aliphatic rings. The standard InChI is InChI=1S/C12H22N2/c1-6-9(7-13)14-8-10-11(2,3)12(10,4)5/h9-10,14H,6,8H2,1-5H3. The van der Waals surface area contributed by atoms with Gasteiger partial charge in [0.15, 0.2) is 0 Å². The molecule has 1 atom stereocenters. The van der Waals surface area contributed by atoms with Crippen LogP contribution in [0.4, 0.5) is 0 Å². The van der Waals surface area contributed by atoms with E-state index in [0.717, 1.165) is 13.0 Å². The van der Waals surface area contributed by atoms with Crippen molar-refractivity contribution in [2.24, 2.45) is 16.7 Å². The van der Waals surface area contributed by atoms with Crippen molar-refractivity contribution in [1.29, 1.82) is 5.26 Å². The third-order valence-electron chi connectivity index (χ3n) is 4.45. The average molecular weight is 194 g/mol. The van der Waals surface area contributed by atoms with Crippen LogP contribution < -0.4 is 5.32 Å². The molecule has 0 aromatic heterocycles. The maximum atomic E-state index is 8.81. The van der Waals surface area contributed by atoms with Crippen molar-refractivity contribution in [1.82, 2.24) is 5.32 Å². The van der Waals surface area contributed by atoms with Crippen molar-refractivity contribution in [2.45, 2.75) is 47.1 Å². The highest BCUT2D eigenvalue weighted by atomic mass is 14.9. The van der Waals surface area contributed by atoms with Crippen molar-refractivity contribution in [3.8, 4) is 6.07 Å². The maximum Gasteiger partial charge on any atom is 0.0950 e. The predicted molar refractivity (Wildman–Crippen MR) is 58.7 cm³/mol. The lowest BCUT2D eigenvalue weighted by Crippen LogP contribution is -2.29. The lowest BCUT2D eigenvalue weighted by atomic mass is 10.0. The van der Waals surface area contributed by atoms with Crippen molar-refractivity contribution < 1.29 is 0 Å². The molecular weight excluding hydrogens is 172 g/mol. The Labute approximate surface area is 87.7 Å². The molecule has 0 aromatic carbocycles. The van der Waals surface area contributed by atoms with E-state index in [2.05, 4.69) is 39.1 Å². The van der Waals surface area contributed by atoms with E-state index in [9.17, 15) is 0 Å². The summed E-state index contributed by atoms with van der Waals surface area (Å²) in [7, 11) is 0. The van der Waals surface area contributed by atoms with Crippen LogP contribution in [0.25, 0.3) is 0 Å². The van der Waals surface area contributed by atoms with Crippen LogP contribution in [0.2, 0.25) is 0 Å². The molecule has 1 saturated carbocycles. The van der Waals surface area contributed by atoms with Gasteiger partial charge in [0.25, 0.3) is 0 Å². The third-order valence-corrected chi connectivity index (χ3v) is 4.45. The minimum Gasteiger partial charge on any atom is -0.302 e. The van der Waals surface area contributed by atoms with Gasteiger partial charge < -0.3 is 5.32 Å².